The van der Waals surface area contributed by atoms with E-state index in [2.05, 4.69) is 43.4 Å². The molecule has 0 aliphatic heterocycles. The van der Waals surface area contributed by atoms with Gasteiger partial charge >= 0.3 is 0 Å². The summed E-state index contributed by atoms with van der Waals surface area (Å²) in [5, 5.41) is 7.00. The van der Waals surface area contributed by atoms with E-state index in [1.54, 1.807) is 11.3 Å². The molecule has 0 aliphatic rings. The van der Waals surface area contributed by atoms with Crippen LogP contribution in [0, 0.1) is 18.8 Å². The van der Waals surface area contributed by atoms with Gasteiger partial charge in [0, 0.05) is 17.5 Å². The number of hydrogen-bond donors (Lipinski definition) is 1. The number of nitrogens with one attached hydrogen (secondary N) is 1. The first kappa shape index (κ1) is 14.7. The summed E-state index contributed by atoms with van der Waals surface area (Å²) in [6.45, 7) is 11.2. The zero-order valence-electron chi connectivity index (χ0n) is 11.6. The van der Waals surface area contributed by atoms with Crippen LogP contribution in [0.2, 0.25) is 0 Å². The number of hydrogen-bond acceptors (Lipinski definition) is 3. The minimum Gasteiger partial charge on any atom is -0.316 e. The maximum Gasteiger partial charge on any atom is 0.0931 e. The van der Waals surface area contributed by atoms with Gasteiger partial charge in [-0.3, -0.25) is 0 Å². The van der Waals surface area contributed by atoms with E-state index in [0.29, 0.717) is 0 Å². The molecular formula is C14H26N2S. The van der Waals surface area contributed by atoms with Crippen LogP contribution >= 0.6 is 11.3 Å². The minimum absolute atomic E-state index is 0.729. The number of aromatic nitrogens is 1. The Labute approximate surface area is 110 Å². The molecule has 0 radical (unpaired) electrons. The van der Waals surface area contributed by atoms with Crippen molar-refractivity contribution in [3.8, 4) is 0 Å². The largest absolute Gasteiger partial charge is 0.316 e. The molecular weight excluding hydrogens is 228 g/mol. The standard InChI is InChI=1S/C14H26N2S/c1-5-6-15-9-13(7-11(2)3)8-14-16-12(4)10-17-14/h10-11,13,15H,5-9H2,1-4H3. The van der Waals surface area contributed by atoms with Gasteiger partial charge < -0.3 is 5.32 Å². The van der Waals surface area contributed by atoms with E-state index in [9.17, 15) is 0 Å². The highest BCUT2D eigenvalue weighted by Crippen LogP contribution is 2.19. The molecule has 1 heterocycles. The van der Waals surface area contributed by atoms with E-state index in [1.807, 2.05) is 0 Å². The molecule has 0 bridgehead atoms. The second-order valence-corrected chi connectivity index (χ2v) is 6.23. The Morgan fingerprint density at radius 3 is 2.71 bits per heavy atom. The smallest absolute Gasteiger partial charge is 0.0931 e. The fourth-order valence-corrected chi connectivity index (χ4v) is 3.02. The molecule has 0 fully saturated rings. The Hall–Kier alpha value is -0.410. The lowest BCUT2D eigenvalue weighted by Gasteiger charge is -2.18. The molecule has 1 N–H and O–H groups in total. The predicted octanol–water partition coefficient (Wildman–Crippen LogP) is 3.66. The van der Waals surface area contributed by atoms with Crippen molar-refractivity contribution in [1.82, 2.24) is 10.3 Å². The van der Waals surface area contributed by atoms with E-state index in [4.69, 9.17) is 0 Å². The van der Waals surface area contributed by atoms with Crippen molar-refractivity contribution in [2.45, 2.75) is 47.0 Å². The van der Waals surface area contributed by atoms with Crippen molar-refractivity contribution in [3.63, 3.8) is 0 Å². The maximum absolute atomic E-state index is 4.58. The molecule has 1 unspecified atom stereocenters. The molecule has 0 saturated heterocycles. The molecule has 0 amide bonds. The van der Waals surface area contributed by atoms with E-state index in [0.717, 1.165) is 37.0 Å². The molecule has 1 atom stereocenters. The van der Waals surface area contributed by atoms with Gasteiger partial charge in [-0.1, -0.05) is 20.8 Å². The van der Waals surface area contributed by atoms with Crippen molar-refractivity contribution in [2.24, 2.45) is 11.8 Å². The molecule has 1 aromatic rings. The van der Waals surface area contributed by atoms with Gasteiger partial charge in [-0.2, -0.15) is 0 Å². The third-order valence-electron chi connectivity index (χ3n) is 2.79. The molecule has 1 aromatic heterocycles. The fourth-order valence-electron chi connectivity index (χ4n) is 2.13. The van der Waals surface area contributed by atoms with Gasteiger partial charge in [0.1, 0.15) is 0 Å². The van der Waals surface area contributed by atoms with Gasteiger partial charge in [-0.15, -0.1) is 11.3 Å². The molecule has 1 rings (SSSR count). The normalized spacial score (nSPS) is 13.2. The quantitative estimate of drug-likeness (QED) is 0.716. The Morgan fingerprint density at radius 2 is 2.18 bits per heavy atom. The number of nitrogens with zero attached hydrogens (tertiary/aromatic N) is 1. The van der Waals surface area contributed by atoms with E-state index < -0.39 is 0 Å². The summed E-state index contributed by atoms with van der Waals surface area (Å²) in [4.78, 5) is 4.58. The highest BCUT2D eigenvalue weighted by atomic mass is 32.1. The topological polar surface area (TPSA) is 24.9 Å². The van der Waals surface area contributed by atoms with Crippen LogP contribution in [0.1, 0.15) is 44.3 Å². The second kappa shape index (κ2) is 7.83. The first-order chi connectivity index (χ1) is 8.11. The monoisotopic (exact) mass is 254 g/mol. The number of rotatable bonds is 8. The Morgan fingerprint density at radius 1 is 1.41 bits per heavy atom. The minimum atomic E-state index is 0.729. The summed E-state index contributed by atoms with van der Waals surface area (Å²) in [5.41, 5.74) is 1.16. The van der Waals surface area contributed by atoms with Crippen molar-refractivity contribution in [3.05, 3.63) is 16.1 Å². The van der Waals surface area contributed by atoms with Crippen LogP contribution in [0.4, 0.5) is 0 Å². The first-order valence-electron chi connectivity index (χ1n) is 6.73. The van der Waals surface area contributed by atoms with Crippen LogP contribution in [-0.4, -0.2) is 18.1 Å². The molecule has 17 heavy (non-hydrogen) atoms. The van der Waals surface area contributed by atoms with Crippen LogP contribution in [0.25, 0.3) is 0 Å². The van der Waals surface area contributed by atoms with Crippen molar-refractivity contribution in [1.29, 1.82) is 0 Å². The van der Waals surface area contributed by atoms with Crippen molar-refractivity contribution >= 4 is 11.3 Å². The number of thiazole rings is 1. The van der Waals surface area contributed by atoms with E-state index in [-0.39, 0.29) is 0 Å². The molecule has 0 spiro atoms. The molecule has 0 saturated carbocycles. The third-order valence-corrected chi connectivity index (χ3v) is 3.78. The van der Waals surface area contributed by atoms with Crippen LogP contribution < -0.4 is 5.32 Å². The highest BCUT2D eigenvalue weighted by molar-refractivity contribution is 7.09. The fraction of sp³-hybridized carbons (Fsp3) is 0.786. The second-order valence-electron chi connectivity index (χ2n) is 5.29. The average Bonchev–Trinajstić information content (AvgIpc) is 2.63. The number of aryl methyl sites for hydroxylation is 1. The van der Waals surface area contributed by atoms with Crippen LogP contribution in [0.5, 0.6) is 0 Å². The molecule has 3 heteroatoms. The van der Waals surface area contributed by atoms with Gasteiger partial charge in [-0.05, 0) is 44.7 Å². The predicted molar refractivity (Wildman–Crippen MR) is 76.7 cm³/mol. The zero-order chi connectivity index (χ0) is 12.7. The molecule has 2 nitrogen and oxygen atoms in total. The molecule has 98 valence electrons. The summed E-state index contributed by atoms with van der Waals surface area (Å²) >= 11 is 1.81. The summed E-state index contributed by atoms with van der Waals surface area (Å²) < 4.78 is 0. The van der Waals surface area contributed by atoms with Gasteiger partial charge in [0.2, 0.25) is 0 Å². The van der Waals surface area contributed by atoms with E-state index >= 15 is 0 Å². The summed E-state index contributed by atoms with van der Waals surface area (Å²) in [5.74, 6) is 1.50. The van der Waals surface area contributed by atoms with Crippen LogP contribution in [0.3, 0.4) is 0 Å². The Balaban J connectivity index is 2.44. The van der Waals surface area contributed by atoms with Gasteiger partial charge in [0.15, 0.2) is 0 Å². The molecule has 0 aromatic carbocycles. The summed E-state index contributed by atoms with van der Waals surface area (Å²) in [6, 6.07) is 0. The van der Waals surface area contributed by atoms with Gasteiger partial charge in [-0.25, -0.2) is 4.98 Å². The van der Waals surface area contributed by atoms with Crippen LogP contribution in [0.15, 0.2) is 5.38 Å². The summed E-state index contributed by atoms with van der Waals surface area (Å²) in [6.07, 6.45) is 3.63. The lowest BCUT2D eigenvalue weighted by molar-refractivity contribution is 0.385. The highest BCUT2D eigenvalue weighted by Gasteiger charge is 2.13. The van der Waals surface area contributed by atoms with Crippen molar-refractivity contribution in [2.75, 3.05) is 13.1 Å². The van der Waals surface area contributed by atoms with Crippen molar-refractivity contribution < 1.29 is 0 Å². The van der Waals surface area contributed by atoms with Gasteiger partial charge in [0.05, 0.1) is 5.01 Å². The van der Waals surface area contributed by atoms with Crippen LogP contribution in [-0.2, 0) is 6.42 Å². The van der Waals surface area contributed by atoms with E-state index in [1.165, 1.54) is 17.8 Å². The lowest BCUT2D eigenvalue weighted by Crippen LogP contribution is -2.26. The Kier molecular flexibility index (Phi) is 6.75. The Bertz CT molecular complexity index is 307. The maximum atomic E-state index is 4.58. The first-order valence-corrected chi connectivity index (χ1v) is 7.61. The third kappa shape index (κ3) is 6.18. The lowest BCUT2D eigenvalue weighted by atomic mass is 9.94. The SMILES string of the molecule is CCCNCC(Cc1nc(C)cs1)CC(C)C. The average molecular weight is 254 g/mol. The van der Waals surface area contributed by atoms with Gasteiger partial charge in [0.25, 0.3) is 0 Å². The zero-order valence-corrected chi connectivity index (χ0v) is 12.4. The summed E-state index contributed by atoms with van der Waals surface area (Å²) in [7, 11) is 0. The molecule has 0 aliphatic carbocycles.